The molecule has 2 N–H and O–H groups in total. The van der Waals surface area contributed by atoms with Gasteiger partial charge in [0.25, 0.3) is 5.91 Å². The average Bonchev–Trinajstić information content (AvgIpc) is 3.13. The van der Waals surface area contributed by atoms with Gasteiger partial charge in [-0.05, 0) is 55.6 Å². The van der Waals surface area contributed by atoms with Crippen molar-refractivity contribution in [2.24, 2.45) is 11.8 Å². The molecule has 0 bridgehead atoms. The lowest BCUT2D eigenvalue weighted by Crippen LogP contribution is -2.41. The molecule has 1 aromatic rings. The minimum absolute atomic E-state index is 0.125. The minimum atomic E-state index is -0.206. The fraction of sp³-hybridized carbons (Fsp3) is 0.529. The van der Waals surface area contributed by atoms with E-state index in [2.05, 4.69) is 29.9 Å². The van der Waals surface area contributed by atoms with Gasteiger partial charge in [-0.3, -0.25) is 20.4 Å². The zero-order chi connectivity index (χ0) is 15.5. The Morgan fingerprint density at radius 3 is 2.95 bits per heavy atom. The van der Waals surface area contributed by atoms with Crippen LogP contribution >= 0.6 is 11.3 Å². The summed E-state index contributed by atoms with van der Waals surface area (Å²) in [5.41, 5.74) is 6.37. The van der Waals surface area contributed by atoms with Crippen LogP contribution < -0.4 is 10.9 Å². The van der Waals surface area contributed by atoms with Gasteiger partial charge in [-0.25, -0.2) is 0 Å². The zero-order valence-corrected chi connectivity index (χ0v) is 13.7. The van der Waals surface area contributed by atoms with Crippen molar-refractivity contribution in [3.8, 4) is 0 Å². The molecule has 0 aliphatic heterocycles. The van der Waals surface area contributed by atoms with Crippen LogP contribution in [0.3, 0.4) is 0 Å². The molecule has 1 heterocycles. The van der Waals surface area contributed by atoms with Crippen molar-refractivity contribution in [2.75, 3.05) is 0 Å². The van der Waals surface area contributed by atoms with Crippen LogP contribution in [-0.2, 0) is 17.6 Å². The maximum Gasteiger partial charge on any atom is 0.279 e. The molecule has 2 atom stereocenters. The summed E-state index contributed by atoms with van der Waals surface area (Å²) in [6.07, 6.45) is 10.0. The fourth-order valence-corrected chi connectivity index (χ4v) is 4.26. The summed E-state index contributed by atoms with van der Waals surface area (Å²) in [7, 11) is 0. The van der Waals surface area contributed by atoms with E-state index in [0.717, 1.165) is 25.7 Å². The number of carbonyl (C=O) groups is 2. The molecule has 0 saturated heterocycles. The van der Waals surface area contributed by atoms with Gasteiger partial charge in [0, 0.05) is 11.3 Å². The van der Waals surface area contributed by atoms with E-state index in [1.54, 1.807) is 11.3 Å². The number of thiophene rings is 1. The predicted molar refractivity (Wildman–Crippen MR) is 87.6 cm³/mol. The molecule has 2 aliphatic carbocycles. The van der Waals surface area contributed by atoms with Gasteiger partial charge in [-0.15, -0.1) is 11.3 Å². The van der Waals surface area contributed by atoms with E-state index in [0.29, 0.717) is 23.1 Å². The summed E-state index contributed by atoms with van der Waals surface area (Å²) in [4.78, 5) is 26.0. The molecule has 2 aliphatic rings. The third-order valence-electron chi connectivity index (χ3n) is 4.43. The van der Waals surface area contributed by atoms with E-state index in [1.165, 1.54) is 16.9 Å². The van der Waals surface area contributed by atoms with Crippen LogP contribution in [0.15, 0.2) is 18.2 Å². The van der Waals surface area contributed by atoms with E-state index in [9.17, 15) is 9.59 Å². The van der Waals surface area contributed by atoms with Gasteiger partial charge in [0.1, 0.15) is 0 Å². The Morgan fingerprint density at radius 2 is 2.18 bits per heavy atom. The maximum absolute atomic E-state index is 12.2. The molecule has 3 rings (SSSR count). The van der Waals surface area contributed by atoms with Crippen LogP contribution in [0.1, 0.15) is 52.7 Å². The Kier molecular flexibility index (Phi) is 4.62. The Hall–Kier alpha value is -1.62. The molecule has 0 saturated carbocycles. The van der Waals surface area contributed by atoms with E-state index in [1.807, 2.05) is 6.07 Å². The molecule has 0 aromatic carbocycles. The van der Waals surface area contributed by atoms with Crippen molar-refractivity contribution in [3.63, 3.8) is 0 Å². The summed E-state index contributed by atoms with van der Waals surface area (Å²) in [6.45, 7) is 2.25. The molecule has 0 unspecified atom stereocenters. The first kappa shape index (κ1) is 15.3. The minimum Gasteiger partial charge on any atom is -0.273 e. The Labute approximate surface area is 135 Å². The summed E-state index contributed by atoms with van der Waals surface area (Å²) in [6, 6.07) is 1.98. The van der Waals surface area contributed by atoms with Crippen LogP contribution in [0.25, 0.3) is 0 Å². The highest BCUT2D eigenvalue weighted by molar-refractivity contribution is 7.14. The molecule has 22 heavy (non-hydrogen) atoms. The van der Waals surface area contributed by atoms with Crippen molar-refractivity contribution < 1.29 is 9.59 Å². The number of rotatable bonds is 3. The molecule has 4 nitrogen and oxygen atoms in total. The van der Waals surface area contributed by atoms with Crippen molar-refractivity contribution in [2.45, 2.75) is 45.4 Å². The van der Waals surface area contributed by atoms with E-state index in [-0.39, 0.29) is 11.8 Å². The highest BCUT2D eigenvalue weighted by Crippen LogP contribution is 2.32. The third kappa shape index (κ3) is 3.58. The molecule has 0 radical (unpaired) electrons. The maximum atomic E-state index is 12.2. The number of hydrazine groups is 1. The normalized spacial score (nSPS) is 23.1. The number of hydrogen-bond acceptors (Lipinski definition) is 3. The largest absolute Gasteiger partial charge is 0.279 e. The van der Waals surface area contributed by atoms with Crippen molar-refractivity contribution in [1.29, 1.82) is 0 Å². The first-order valence-corrected chi connectivity index (χ1v) is 8.81. The fourth-order valence-electron chi connectivity index (χ4n) is 3.16. The lowest BCUT2D eigenvalue weighted by Gasteiger charge is -2.16. The SMILES string of the molecule is C[C@H]1CCc2sc(C(=O)NNC(=O)C[C@@H]3C=CCC3)cc2C1. The molecule has 2 amide bonds. The molecule has 0 spiro atoms. The lowest BCUT2D eigenvalue weighted by atomic mass is 9.90. The van der Waals surface area contributed by atoms with E-state index < -0.39 is 0 Å². The Balaban J connectivity index is 1.51. The molecule has 0 fully saturated rings. The summed E-state index contributed by atoms with van der Waals surface area (Å²) < 4.78 is 0. The number of amides is 2. The topological polar surface area (TPSA) is 58.2 Å². The highest BCUT2D eigenvalue weighted by Gasteiger charge is 2.21. The van der Waals surface area contributed by atoms with Crippen molar-refractivity contribution in [1.82, 2.24) is 10.9 Å². The first-order chi connectivity index (χ1) is 10.6. The van der Waals surface area contributed by atoms with Crippen LogP contribution in [0.2, 0.25) is 0 Å². The summed E-state index contributed by atoms with van der Waals surface area (Å²) >= 11 is 1.56. The van der Waals surface area contributed by atoms with Gasteiger partial charge in [0.05, 0.1) is 4.88 Å². The molecule has 5 heteroatoms. The second kappa shape index (κ2) is 6.65. The van der Waals surface area contributed by atoms with Crippen molar-refractivity contribution in [3.05, 3.63) is 33.5 Å². The van der Waals surface area contributed by atoms with E-state index in [4.69, 9.17) is 0 Å². The highest BCUT2D eigenvalue weighted by atomic mass is 32.1. The first-order valence-electron chi connectivity index (χ1n) is 7.99. The van der Waals surface area contributed by atoms with Gasteiger partial charge in [-0.2, -0.15) is 0 Å². The van der Waals surface area contributed by atoms with Crippen LogP contribution in [0.4, 0.5) is 0 Å². The molecular weight excluding hydrogens is 296 g/mol. The smallest absolute Gasteiger partial charge is 0.273 e. The summed E-state index contributed by atoms with van der Waals surface area (Å²) in [5.74, 6) is 0.673. The Bertz CT molecular complexity index is 606. The van der Waals surface area contributed by atoms with Gasteiger partial charge < -0.3 is 0 Å². The number of hydrogen-bond donors (Lipinski definition) is 2. The van der Waals surface area contributed by atoms with Crippen LogP contribution in [0.5, 0.6) is 0 Å². The second-order valence-corrected chi connectivity index (χ2v) is 7.52. The Morgan fingerprint density at radius 1 is 1.32 bits per heavy atom. The van der Waals surface area contributed by atoms with Crippen LogP contribution in [0, 0.1) is 11.8 Å². The number of nitrogens with one attached hydrogen (secondary N) is 2. The standard InChI is InChI=1S/C17H22N2O2S/c1-11-6-7-14-13(8-11)10-15(22-14)17(21)19-18-16(20)9-12-4-2-3-5-12/h2,4,10-12H,3,5-9H2,1H3,(H,18,20)(H,19,21)/t11-,12+/m0/s1. The molecule has 118 valence electrons. The van der Waals surface area contributed by atoms with Gasteiger partial charge in [0.2, 0.25) is 5.91 Å². The second-order valence-electron chi connectivity index (χ2n) is 6.38. The molecule has 1 aromatic heterocycles. The van der Waals surface area contributed by atoms with Crippen LogP contribution in [-0.4, -0.2) is 11.8 Å². The molecular formula is C17H22N2O2S. The predicted octanol–water partition coefficient (Wildman–Crippen LogP) is 2.99. The summed E-state index contributed by atoms with van der Waals surface area (Å²) in [5, 5.41) is 0. The van der Waals surface area contributed by atoms with E-state index >= 15 is 0 Å². The quantitative estimate of drug-likeness (QED) is 0.665. The van der Waals surface area contributed by atoms with Gasteiger partial charge >= 0.3 is 0 Å². The zero-order valence-electron chi connectivity index (χ0n) is 12.9. The number of aryl methyl sites for hydroxylation is 1. The number of carbonyl (C=O) groups excluding carboxylic acids is 2. The number of allylic oxidation sites excluding steroid dienone is 2. The van der Waals surface area contributed by atoms with Crippen molar-refractivity contribution >= 4 is 23.2 Å². The monoisotopic (exact) mass is 318 g/mol. The van der Waals surface area contributed by atoms with Gasteiger partial charge in [0.15, 0.2) is 0 Å². The lowest BCUT2D eigenvalue weighted by molar-refractivity contribution is -0.122. The van der Waals surface area contributed by atoms with Gasteiger partial charge in [-0.1, -0.05) is 19.1 Å². The average molecular weight is 318 g/mol. The number of fused-ring (bicyclic) bond motifs is 1. The third-order valence-corrected chi connectivity index (χ3v) is 5.66.